The maximum absolute atomic E-state index is 4.18. The van der Waals surface area contributed by atoms with Gasteiger partial charge in [0.1, 0.15) is 5.82 Å². The molecular weight excluding hydrogens is 248 g/mol. The van der Waals surface area contributed by atoms with E-state index in [1.165, 1.54) is 5.69 Å². The number of hydrazone groups is 1. The lowest BCUT2D eigenvalue weighted by Gasteiger charge is -2.20. The van der Waals surface area contributed by atoms with E-state index in [4.69, 9.17) is 0 Å². The van der Waals surface area contributed by atoms with Gasteiger partial charge < -0.3 is 4.90 Å². The molecule has 1 aromatic carbocycles. The van der Waals surface area contributed by atoms with Gasteiger partial charge in [-0.3, -0.25) is 5.43 Å². The van der Waals surface area contributed by atoms with E-state index in [1.54, 1.807) is 12.4 Å². The van der Waals surface area contributed by atoms with Gasteiger partial charge in [-0.2, -0.15) is 5.10 Å². The number of nitrogens with one attached hydrogen (secondary N) is 1. The first-order chi connectivity index (χ1) is 9.83. The Morgan fingerprint density at radius 2 is 1.85 bits per heavy atom. The Kier molecular flexibility index (Phi) is 5.12. The summed E-state index contributed by atoms with van der Waals surface area (Å²) in [6.07, 6.45) is 3.53. The Labute approximate surface area is 120 Å². The summed E-state index contributed by atoms with van der Waals surface area (Å²) in [5.41, 5.74) is 5.20. The molecule has 4 nitrogen and oxygen atoms in total. The molecular formula is C16H20N4. The molecule has 0 saturated carbocycles. The monoisotopic (exact) mass is 268 g/mol. The highest BCUT2D eigenvalue weighted by Crippen LogP contribution is 2.14. The van der Waals surface area contributed by atoms with Crippen molar-refractivity contribution in [2.75, 3.05) is 23.4 Å². The van der Waals surface area contributed by atoms with Crippen LogP contribution in [0.2, 0.25) is 0 Å². The highest BCUT2D eigenvalue weighted by atomic mass is 15.3. The number of aromatic nitrogens is 1. The molecule has 1 N–H and O–H groups in total. The molecule has 0 amide bonds. The van der Waals surface area contributed by atoms with E-state index in [0.29, 0.717) is 0 Å². The predicted molar refractivity (Wildman–Crippen MR) is 85.5 cm³/mol. The fourth-order valence-corrected chi connectivity index (χ4v) is 1.96. The quantitative estimate of drug-likeness (QED) is 0.645. The fourth-order valence-electron chi connectivity index (χ4n) is 1.96. The van der Waals surface area contributed by atoms with Gasteiger partial charge in [-0.1, -0.05) is 18.2 Å². The van der Waals surface area contributed by atoms with E-state index in [0.717, 1.165) is 24.5 Å². The van der Waals surface area contributed by atoms with Crippen molar-refractivity contribution in [3.8, 4) is 0 Å². The molecule has 1 heterocycles. The summed E-state index contributed by atoms with van der Waals surface area (Å²) < 4.78 is 0. The second kappa shape index (κ2) is 7.28. The minimum absolute atomic E-state index is 0.739. The maximum Gasteiger partial charge on any atom is 0.146 e. The van der Waals surface area contributed by atoms with Gasteiger partial charge in [0.25, 0.3) is 0 Å². The van der Waals surface area contributed by atoms with Crippen LogP contribution in [0.3, 0.4) is 0 Å². The van der Waals surface area contributed by atoms with E-state index in [9.17, 15) is 0 Å². The summed E-state index contributed by atoms with van der Waals surface area (Å²) in [7, 11) is 0. The molecule has 2 aromatic rings. The zero-order chi connectivity index (χ0) is 14.2. The van der Waals surface area contributed by atoms with Crippen LogP contribution in [0, 0.1) is 0 Å². The Morgan fingerprint density at radius 3 is 2.45 bits per heavy atom. The van der Waals surface area contributed by atoms with Crippen molar-refractivity contribution in [3.05, 3.63) is 54.2 Å². The first-order valence-corrected chi connectivity index (χ1v) is 6.88. The number of nitrogens with zero attached hydrogens (tertiary/aromatic N) is 3. The van der Waals surface area contributed by atoms with Gasteiger partial charge >= 0.3 is 0 Å². The zero-order valence-corrected chi connectivity index (χ0v) is 12.0. The van der Waals surface area contributed by atoms with Crippen LogP contribution in [0.4, 0.5) is 11.5 Å². The molecule has 0 radical (unpaired) electrons. The molecule has 0 spiro atoms. The number of rotatable bonds is 6. The number of benzene rings is 1. The molecule has 0 fully saturated rings. The van der Waals surface area contributed by atoms with Gasteiger partial charge in [-0.25, -0.2) is 4.98 Å². The Bertz CT molecular complexity index is 530. The van der Waals surface area contributed by atoms with E-state index in [2.05, 4.69) is 58.5 Å². The molecule has 2 rings (SSSR count). The maximum atomic E-state index is 4.18. The van der Waals surface area contributed by atoms with E-state index in [-0.39, 0.29) is 0 Å². The van der Waals surface area contributed by atoms with Crippen LogP contribution < -0.4 is 10.3 Å². The molecule has 0 aliphatic carbocycles. The molecule has 0 bridgehead atoms. The van der Waals surface area contributed by atoms with Crippen molar-refractivity contribution in [3.63, 3.8) is 0 Å². The second-order valence-corrected chi connectivity index (χ2v) is 4.35. The minimum Gasteiger partial charge on any atom is -0.372 e. The van der Waals surface area contributed by atoms with Crippen molar-refractivity contribution in [1.29, 1.82) is 0 Å². The molecule has 0 unspecified atom stereocenters. The highest BCUT2D eigenvalue weighted by Gasteiger charge is 2.00. The van der Waals surface area contributed by atoms with Crippen molar-refractivity contribution in [2.24, 2.45) is 5.10 Å². The summed E-state index contributed by atoms with van der Waals surface area (Å²) in [4.78, 5) is 6.45. The van der Waals surface area contributed by atoms with Gasteiger partial charge in [0.15, 0.2) is 0 Å². The highest BCUT2D eigenvalue weighted by molar-refractivity contribution is 5.80. The van der Waals surface area contributed by atoms with Crippen LogP contribution in [0.5, 0.6) is 0 Å². The predicted octanol–water partition coefficient (Wildman–Crippen LogP) is 3.37. The SMILES string of the molecule is CCN(CC)c1ccc(C=NNc2ccccn2)cc1. The molecule has 104 valence electrons. The number of hydrogen-bond acceptors (Lipinski definition) is 4. The van der Waals surface area contributed by atoms with Gasteiger partial charge in [0, 0.05) is 25.0 Å². The molecule has 0 saturated heterocycles. The molecule has 0 aliphatic heterocycles. The summed E-state index contributed by atoms with van der Waals surface area (Å²) in [6.45, 7) is 6.36. The third kappa shape index (κ3) is 3.82. The molecule has 1 aromatic heterocycles. The Hall–Kier alpha value is -2.36. The third-order valence-electron chi connectivity index (χ3n) is 3.08. The number of hydrogen-bond donors (Lipinski definition) is 1. The van der Waals surface area contributed by atoms with Crippen LogP contribution in [0.15, 0.2) is 53.8 Å². The number of anilines is 2. The topological polar surface area (TPSA) is 40.5 Å². The summed E-state index contributed by atoms with van der Waals surface area (Å²) in [6, 6.07) is 14.0. The fraction of sp³-hybridized carbons (Fsp3) is 0.250. The summed E-state index contributed by atoms with van der Waals surface area (Å²) in [5.74, 6) is 0.739. The smallest absolute Gasteiger partial charge is 0.146 e. The van der Waals surface area contributed by atoms with Crippen LogP contribution in [0.1, 0.15) is 19.4 Å². The van der Waals surface area contributed by atoms with Crippen molar-refractivity contribution in [1.82, 2.24) is 4.98 Å². The average molecular weight is 268 g/mol. The van der Waals surface area contributed by atoms with Crippen LogP contribution >= 0.6 is 0 Å². The summed E-state index contributed by atoms with van der Waals surface area (Å²) >= 11 is 0. The van der Waals surface area contributed by atoms with Crippen LogP contribution in [0.25, 0.3) is 0 Å². The average Bonchev–Trinajstić information content (AvgIpc) is 2.51. The van der Waals surface area contributed by atoms with Crippen molar-refractivity contribution in [2.45, 2.75) is 13.8 Å². The lowest BCUT2D eigenvalue weighted by Crippen LogP contribution is -2.21. The first-order valence-electron chi connectivity index (χ1n) is 6.88. The van der Waals surface area contributed by atoms with Gasteiger partial charge in [-0.05, 0) is 43.7 Å². The zero-order valence-electron chi connectivity index (χ0n) is 12.0. The van der Waals surface area contributed by atoms with E-state index in [1.807, 2.05) is 18.2 Å². The van der Waals surface area contributed by atoms with E-state index < -0.39 is 0 Å². The van der Waals surface area contributed by atoms with Crippen LogP contribution in [-0.4, -0.2) is 24.3 Å². The van der Waals surface area contributed by atoms with Gasteiger partial charge in [-0.15, -0.1) is 0 Å². The van der Waals surface area contributed by atoms with E-state index >= 15 is 0 Å². The molecule has 20 heavy (non-hydrogen) atoms. The number of pyridine rings is 1. The lowest BCUT2D eigenvalue weighted by atomic mass is 10.2. The van der Waals surface area contributed by atoms with Gasteiger partial charge in [0.05, 0.1) is 6.21 Å². The Balaban J connectivity index is 1.97. The molecule has 4 heteroatoms. The summed E-state index contributed by atoms with van der Waals surface area (Å²) in [5, 5.41) is 4.18. The van der Waals surface area contributed by atoms with Gasteiger partial charge in [0.2, 0.25) is 0 Å². The minimum atomic E-state index is 0.739. The first kappa shape index (κ1) is 14.1. The molecule has 0 atom stereocenters. The van der Waals surface area contributed by atoms with Crippen molar-refractivity contribution >= 4 is 17.7 Å². The van der Waals surface area contributed by atoms with Crippen LogP contribution in [-0.2, 0) is 0 Å². The van der Waals surface area contributed by atoms with Crippen molar-refractivity contribution < 1.29 is 0 Å². The second-order valence-electron chi connectivity index (χ2n) is 4.35. The molecule has 0 aliphatic rings. The Morgan fingerprint density at radius 1 is 1.10 bits per heavy atom. The largest absolute Gasteiger partial charge is 0.372 e. The normalized spacial score (nSPS) is 10.7. The lowest BCUT2D eigenvalue weighted by molar-refractivity contribution is 0.866. The third-order valence-corrected chi connectivity index (χ3v) is 3.08. The standard InChI is InChI=1S/C16H20N4/c1-3-20(4-2)15-10-8-14(9-11-15)13-18-19-16-7-5-6-12-17-16/h5-13H,3-4H2,1-2H3,(H,17,19).